The summed E-state index contributed by atoms with van der Waals surface area (Å²) in [6, 6.07) is 5.71. The van der Waals surface area contributed by atoms with Gasteiger partial charge in [-0.05, 0) is 26.0 Å². The molecule has 1 atom stereocenters. The summed E-state index contributed by atoms with van der Waals surface area (Å²) in [5.74, 6) is 0. The van der Waals surface area contributed by atoms with Crippen LogP contribution in [0, 0.1) is 6.92 Å². The maximum absolute atomic E-state index is 12.4. The first-order chi connectivity index (χ1) is 11.7. The molecule has 0 spiro atoms. The number of nitrogens with one attached hydrogen (secondary N) is 1. The van der Waals surface area contributed by atoms with E-state index in [2.05, 4.69) is 15.4 Å². The zero-order valence-corrected chi connectivity index (χ0v) is 14.1. The first-order valence-electron chi connectivity index (χ1n) is 8.25. The number of aryl methyl sites for hydroxylation is 2. The van der Waals surface area contributed by atoms with Crippen molar-refractivity contribution in [1.29, 1.82) is 0 Å². The predicted molar refractivity (Wildman–Crippen MR) is 89.4 cm³/mol. The van der Waals surface area contributed by atoms with Crippen LogP contribution in [0.4, 0.5) is 4.79 Å². The number of ether oxygens (including phenoxy) is 1. The molecular weight excluding hydrogens is 306 g/mol. The van der Waals surface area contributed by atoms with Gasteiger partial charge in [0.2, 0.25) is 0 Å². The van der Waals surface area contributed by atoms with Crippen LogP contribution in [0.1, 0.15) is 30.0 Å². The third-order valence-corrected chi connectivity index (χ3v) is 4.07. The highest BCUT2D eigenvalue weighted by Crippen LogP contribution is 2.21. The number of hydrogen-bond acceptors (Lipinski definition) is 4. The average molecular weight is 329 g/mol. The molecule has 0 unspecified atom stereocenters. The van der Waals surface area contributed by atoms with Gasteiger partial charge < -0.3 is 15.0 Å². The van der Waals surface area contributed by atoms with Crippen molar-refractivity contribution in [3.05, 3.63) is 47.5 Å². The lowest BCUT2D eigenvalue weighted by Gasteiger charge is -2.32. The second kappa shape index (κ2) is 7.44. The lowest BCUT2D eigenvalue weighted by Crippen LogP contribution is -2.47. The number of pyridine rings is 1. The molecule has 7 heteroatoms. The van der Waals surface area contributed by atoms with Gasteiger partial charge in [0.25, 0.3) is 0 Å². The Bertz CT molecular complexity index is 700. The SMILES string of the molecule is CCn1cc([C@H]2CN(C(=O)NCc3cccc(C)n3)CCO2)cn1. The van der Waals surface area contributed by atoms with E-state index in [9.17, 15) is 4.79 Å². The third-order valence-electron chi connectivity index (χ3n) is 4.07. The summed E-state index contributed by atoms with van der Waals surface area (Å²) in [6.07, 6.45) is 3.66. The van der Waals surface area contributed by atoms with Crippen LogP contribution in [0.3, 0.4) is 0 Å². The Labute approximate surface area is 141 Å². The Kier molecular flexibility index (Phi) is 5.10. The summed E-state index contributed by atoms with van der Waals surface area (Å²) in [7, 11) is 0. The van der Waals surface area contributed by atoms with Crippen LogP contribution in [-0.2, 0) is 17.8 Å². The summed E-state index contributed by atoms with van der Waals surface area (Å²) in [5, 5.41) is 7.21. The van der Waals surface area contributed by atoms with Gasteiger partial charge in [0.15, 0.2) is 0 Å². The minimum Gasteiger partial charge on any atom is -0.370 e. The average Bonchev–Trinajstić information content (AvgIpc) is 3.09. The summed E-state index contributed by atoms with van der Waals surface area (Å²) < 4.78 is 7.66. The maximum Gasteiger partial charge on any atom is 0.317 e. The fraction of sp³-hybridized carbons (Fsp3) is 0.471. The molecule has 1 fully saturated rings. The number of urea groups is 1. The van der Waals surface area contributed by atoms with Crippen molar-refractivity contribution in [2.45, 2.75) is 33.0 Å². The van der Waals surface area contributed by atoms with Crippen molar-refractivity contribution < 1.29 is 9.53 Å². The van der Waals surface area contributed by atoms with Crippen LogP contribution >= 0.6 is 0 Å². The molecule has 2 amide bonds. The van der Waals surface area contributed by atoms with E-state index in [1.54, 1.807) is 4.90 Å². The molecule has 24 heavy (non-hydrogen) atoms. The Morgan fingerprint density at radius 1 is 1.46 bits per heavy atom. The number of carbonyl (C=O) groups excluding carboxylic acids is 1. The van der Waals surface area contributed by atoms with Crippen LogP contribution in [0.15, 0.2) is 30.6 Å². The van der Waals surface area contributed by atoms with E-state index in [0.29, 0.717) is 26.2 Å². The number of aromatic nitrogens is 3. The van der Waals surface area contributed by atoms with Gasteiger partial charge >= 0.3 is 6.03 Å². The molecule has 0 saturated carbocycles. The standard InChI is InChI=1S/C17H23N5O2/c1-3-22-11-14(9-19-22)16-12-21(7-8-24-16)17(23)18-10-15-6-4-5-13(2)20-15/h4-6,9,11,16H,3,7-8,10,12H2,1-2H3,(H,18,23)/t16-/m1/s1. The van der Waals surface area contributed by atoms with E-state index in [0.717, 1.165) is 23.5 Å². The first kappa shape index (κ1) is 16.4. The van der Waals surface area contributed by atoms with Gasteiger partial charge in [-0.25, -0.2) is 4.79 Å². The number of rotatable bonds is 4. The van der Waals surface area contributed by atoms with Crippen LogP contribution in [0.25, 0.3) is 0 Å². The van der Waals surface area contributed by atoms with Gasteiger partial charge in [-0.2, -0.15) is 5.10 Å². The zero-order valence-electron chi connectivity index (χ0n) is 14.1. The highest BCUT2D eigenvalue weighted by molar-refractivity contribution is 5.74. The molecule has 0 aliphatic carbocycles. The van der Waals surface area contributed by atoms with Crippen molar-refractivity contribution in [2.75, 3.05) is 19.7 Å². The molecule has 1 aliphatic heterocycles. The molecule has 2 aromatic rings. The second-order valence-electron chi connectivity index (χ2n) is 5.86. The van der Waals surface area contributed by atoms with Gasteiger partial charge in [0.05, 0.1) is 31.6 Å². The lowest BCUT2D eigenvalue weighted by molar-refractivity contribution is -0.0155. The monoisotopic (exact) mass is 329 g/mol. The minimum absolute atomic E-state index is 0.0884. The molecule has 3 heterocycles. The molecule has 128 valence electrons. The summed E-state index contributed by atoms with van der Waals surface area (Å²) in [5.41, 5.74) is 2.81. The molecule has 2 aromatic heterocycles. The molecule has 0 aromatic carbocycles. The molecule has 7 nitrogen and oxygen atoms in total. The largest absolute Gasteiger partial charge is 0.370 e. The smallest absolute Gasteiger partial charge is 0.317 e. The number of carbonyl (C=O) groups is 1. The summed E-state index contributed by atoms with van der Waals surface area (Å²) >= 11 is 0. The van der Waals surface area contributed by atoms with E-state index in [1.807, 2.05) is 49.1 Å². The Hall–Kier alpha value is -2.41. The Morgan fingerprint density at radius 2 is 2.33 bits per heavy atom. The van der Waals surface area contributed by atoms with E-state index in [4.69, 9.17) is 4.74 Å². The summed E-state index contributed by atoms with van der Waals surface area (Å²) in [6.45, 7) is 6.87. The molecule has 0 radical (unpaired) electrons. The van der Waals surface area contributed by atoms with Gasteiger partial charge in [0, 0.05) is 30.5 Å². The van der Waals surface area contributed by atoms with E-state index in [1.165, 1.54) is 0 Å². The van der Waals surface area contributed by atoms with E-state index in [-0.39, 0.29) is 12.1 Å². The molecule has 3 rings (SSSR count). The van der Waals surface area contributed by atoms with Crippen LogP contribution < -0.4 is 5.32 Å². The van der Waals surface area contributed by atoms with Crippen LogP contribution in [0.2, 0.25) is 0 Å². The van der Waals surface area contributed by atoms with Crippen molar-refractivity contribution in [1.82, 2.24) is 25.0 Å². The van der Waals surface area contributed by atoms with Crippen molar-refractivity contribution in [3.63, 3.8) is 0 Å². The molecule has 1 N–H and O–H groups in total. The number of hydrogen-bond donors (Lipinski definition) is 1. The quantitative estimate of drug-likeness (QED) is 0.930. The van der Waals surface area contributed by atoms with Crippen molar-refractivity contribution >= 4 is 6.03 Å². The van der Waals surface area contributed by atoms with Crippen LogP contribution in [-0.4, -0.2) is 45.4 Å². The molecule has 1 aliphatic rings. The van der Waals surface area contributed by atoms with E-state index >= 15 is 0 Å². The first-order valence-corrected chi connectivity index (χ1v) is 8.25. The van der Waals surface area contributed by atoms with Gasteiger partial charge in [-0.3, -0.25) is 9.67 Å². The highest BCUT2D eigenvalue weighted by atomic mass is 16.5. The van der Waals surface area contributed by atoms with Gasteiger partial charge in [-0.15, -0.1) is 0 Å². The topological polar surface area (TPSA) is 72.3 Å². The van der Waals surface area contributed by atoms with E-state index < -0.39 is 0 Å². The Balaban J connectivity index is 1.56. The maximum atomic E-state index is 12.4. The number of nitrogens with zero attached hydrogens (tertiary/aromatic N) is 4. The fourth-order valence-corrected chi connectivity index (χ4v) is 2.73. The van der Waals surface area contributed by atoms with Crippen molar-refractivity contribution in [3.8, 4) is 0 Å². The molecule has 0 bridgehead atoms. The minimum atomic E-state index is -0.123. The number of amides is 2. The third kappa shape index (κ3) is 3.91. The van der Waals surface area contributed by atoms with Gasteiger partial charge in [-0.1, -0.05) is 6.07 Å². The normalized spacial score (nSPS) is 17.8. The highest BCUT2D eigenvalue weighted by Gasteiger charge is 2.26. The molecule has 1 saturated heterocycles. The molecular formula is C17H23N5O2. The van der Waals surface area contributed by atoms with Gasteiger partial charge in [0.1, 0.15) is 6.10 Å². The lowest BCUT2D eigenvalue weighted by atomic mass is 10.1. The summed E-state index contributed by atoms with van der Waals surface area (Å²) in [4.78, 5) is 18.6. The van der Waals surface area contributed by atoms with Crippen molar-refractivity contribution in [2.24, 2.45) is 0 Å². The van der Waals surface area contributed by atoms with Crippen LogP contribution in [0.5, 0.6) is 0 Å². The second-order valence-corrected chi connectivity index (χ2v) is 5.86. The predicted octanol–water partition coefficient (Wildman–Crippen LogP) is 1.89. The number of morpholine rings is 1. The Morgan fingerprint density at radius 3 is 3.08 bits per heavy atom. The fourth-order valence-electron chi connectivity index (χ4n) is 2.73. The zero-order chi connectivity index (χ0) is 16.9.